The fourth-order valence-corrected chi connectivity index (χ4v) is 4.82. The Kier molecular flexibility index (Phi) is 7.07. The van der Waals surface area contributed by atoms with Crippen LogP contribution in [0.1, 0.15) is 62.9 Å². The van der Waals surface area contributed by atoms with Crippen LogP contribution in [-0.2, 0) is 14.4 Å². The summed E-state index contributed by atoms with van der Waals surface area (Å²) in [6.45, 7) is 3.89. The Morgan fingerprint density at radius 2 is 1.89 bits per heavy atom. The minimum atomic E-state index is -1.01. The molecule has 0 radical (unpaired) electrons. The zero-order valence-corrected chi connectivity index (χ0v) is 20.7. The van der Waals surface area contributed by atoms with Crippen LogP contribution in [-0.4, -0.2) is 46.2 Å². The van der Waals surface area contributed by atoms with Gasteiger partial charge in [-0.1, -0.05) is 36.6 Å². The zero-order chi connectivity index (χ0) is 25.3. The SMILES string of the molecule is CC1(C)CCC(C[C@H](NC(=O)[C@H](CC2CC2)NC(=O)c2cc3cccc(Cl)c3[nH]2)C(N)=O)C(=O)N1. The Morgan fingerprint density at radius 3 is 2.51 bits per heavy atom. The molecule has 1 aromatic carbocycles. The van der Waals surface area contributed by atoms with Crippen LogP contribution in [0.5, 0.6) is 0 Å². The highest BCUT2D eigenvalue weighted by Gasteiger charge is 2.37. The largest absolute Gasteiger partial charge is 0.368 e. The molecule has 2 aliphatic rings. The maximum Gasteiger partial charge on any atom is 0.268 e. The molecule has 6 N–H and O–H groups in total. The molecule has 1 aliphatic heterocycles. The van der Waals surface area contributed by atoms with E-state index in [1.54, 1.807) is 18.2 Å². The van der Waals surface area contributed by atoms with Crippen molar-refractivity contribution in [3.8, 4) is 0 Å². The molecule has 1 aliphatic carbocycles. The summed E-state index contributed by atoms with van der Waals surface area (Å²) in [6.07, 6.45) is 3.91. The fourth-order valence-electron chi connectivity index (χ4n) is 4.59. The predicted molar refractivity (Wildman–Crippen MR) is 133 cm³/mol. The number of halogens is 1. The second-order valence-corrected chi connectivity index (χ2v) is 10.8. The number of hydrogen-bond donors (Lipinski definition) is 5. The zero-order valence-electron chi connectivity index (χ0n) is 19.9. The Labute approximate surface area is 208 Å². The third-order valence-corrected chi connectivity index (χ3v) is 7.18. The third kappa shape index (κ3) is 6.14. The van der Waals surface area contributed by atoms with E-state index in [4.69, 9.17) is 17.3 Å². The summed E-state index contributed by atoms with van der Waals surface area (Å²) < 4.78 is 0. The van der Waals surface area contributed by atoms with Gasteiger partial charge >= 0.3 is 0 Å². The molecule has 9 nitrogen and oxygen atoms in total. The minimum absolute atomic E-state index is 0.119. The third-order valence-electron chi connectivity index (χ3n) is 6.87. The van der Waals surface area contributed by atoms with E-state index in [-0.39, 0.29) is 23.6 Å². The van der Waals surface area contributed by atoms with Gasteiger partial charge in [-0.25, -0.2) is 0 Å². The number of H-pyrrole nitrogens is 1. The van der Waals surface area contributed by atoms with Gasteiger partial charge in [0.15, 0.2) is 0 Å². The molecule has 10 heteroatoms. The lowest BCUT2D eigenvalue weighted by Crippen LogP contribution is -2.56. The number of primary amides is 1. The molecular weight excluding hydrogens is 470 g/mol. The lowest BCUT2D eigenvalue weighted by molar-refractivity contribution is -0.132. The van der Waals surface area contributed by atoms with Crippen LogP contribution in [0.3, 0.4) is 0 Å². The van der Waals surface area contributed by atoms with Crippen LogP contribution < -0.4 is 21.7 Å². The number of hydrogen-bond acceptors (Lipinski definition) is 4. The number of rotatable bonds is 9. The number of aromatic nitrogens is 1. The highest BCUT2D eigenvalue weighted by Crippen LogP contribution is 2.34. The first-order valence-corrected chi connectivity index (χ1v) is 12.4. The van der Waals surface area contributed by atoms with Gasteiger partial charge in [0.2, 0.25) is 17.7 Å². The molecule has 0 bridgehead atoms. The monoisotopic (exact) mass is 501 g/mol. The fraction of sp³-hybridized carbons (Fsp3) is 0.520. The molecule has 2 fully saturated rings. The molecule has 3 atom stereocenters. The Morgan fingerprint density at radius 1 is 1.14 bits per heavy atom. The van der Waals surface area contributed by atoms with Crippen molar-refractivity contribution < 1.29 is 19.2 Å². The molecule has 35 heavy (non-hydrogen) atoms. The smallest absolute Gasteiger partial charge is 0.268 e. The lowest BCUT2D eigenvalue weighted by Gasteiger charge is -2.36. The van der Waals surface area contributed by atoms with Crippen LogP contribution in [0, 0.1) is 11.8 Å². The topological polar surface area (TPSA) is 146 Å². The molecule has 1 saturated carbocycles. The highest BCUT2D eigenvalue weighted by atomic mass is 35.5. The summed E-state index contributed by atoms with van der Waals surface area (Å²) in [4.78, 5) is 53.8. The maximum atomic E-state index is 13.2. The Balaban J connectivity index is 1.44. The quantitative estimate of drug-likeness (QED) is 0.359. The first-order chi connectivity index (χ1) is 16.5. The van der Waals surface area contributed by atoms with Gasteiger partial charge in [0.25, 0.3) is 5.91 Å². The van der Waals surface area contributed by atoms with E-state index in [1.165, 1.54) is 0 Å². The number of piperidine rings is 1. The van der Waals surface area contributed by atoms with Crippen molar-refractivity contribution in [3.05, 3.63) is 35.0 Å². The van der Waals surface area contributed by atoms with E-state index in [2.05, 4.69) is 20.9 Å². The van der Waals surface area contributed by atoms with Crippen molar-refractivity contribution in [1.29, 1.82) is 0 Å². The molecule has 2 heterocycles. The van der Waals surface area contributed by atoms with Crippen LogP contribution in [0.25, 0.3) is 10.9 Å². The van der Waals surface area contributed by atoms with Gasteiger partial charge < -0.3 is 26.7 Å². The number of carbonyl (C=O) groups excluding carboxylic acids is 4. The summed E-state index contributed by atoms with van der Waals surface area (Å²) in [5.41, 5.74) is 6.20. The first kappa shape index (κ1) is 25.0. The van der Waals surface area contributed by atoms with E-state index in [0.717, 1.165) is 24.6 Å². The minimum Gasteiger partial charge on any atom is -0.368 e. The average molecular weight is 502 g/mol. The molecule has 1 saturated heterocycles. The molecule has 1 aromatic heterocycles. The number of aromatic amines is 1. The predicted octanol–water partition coefficient (Wildman–Crippen LogP) is 2.38. The molecule has 4 amide bonds. The van der Waals surface area contributed by atoms with Gasteiger partial charge in [-0.05, 0) is 57.6 Å². The van der Waals surface area contributed by atoms with Crippen molar-refractivity contribution in [3.63, 3.8) is 0 Å². The normalized spacial score (nSPS) is 21.1. The van der Waals surface area contributed by atoms with Crippen molar-refractivity contribution in [2.45, 2.75) is 70.0 Å². The van der Waals surface area contributed by atoms with Crippen molar-refractivity contribution in [2.75, 3.05) is 0 Å². The number of nitrogens with one attached hydrogen (secondary N) is 4. The second kappa shape index (κ2) is 9.89. The Bertz CT molecular complexity index is 1160. The standard InChI is InChI=1S/C25H32ClN5O4/c1-25(2)9-8-15(22(33)31-25)12-17(21(27)32)29-23(34)18(10-13-6-7-13)30-24(35)19-11-14-4-3-5-16(26)20(14)28-19/h3-5,11,13,15,17-18,28H,6-10,12H2,1-2H3,(H2,27,32)(H,29,34)(H,30,35)(H,31,33)/t15?,17-,18-/m0/s1. The van der Waals surface area contributed by atoms with Crippen molar-refractivity contribution in [2.24, 2.45) is 17.6 Å². The number of fused-ring (bicyclic) bond motifs is 1. The summed E-state index contributed by atoms with van der Waals surface area (Å²) in [6, 6.07) is 5.19. The Hall–Kier alpha value is -3.07. The van der Waals surface area contributed by atoms with Crippen LogP contribution in [0.15, 0.2) is 24.3 Å². The van der Waals surface area contributed by atoms with Gasteiger partial charge in [-0.15, -0.1) is 0 Å². The van der Waals surface area contributed by atoms with Gasteiger partial charge in [0.05, 0.1) is 10.5 Å². The van der Waals surface area contributed by atoms with Crippen LogP contribution >= 0.6 is 11.6 Å². The van der Waals surface area contributed by atoms with E-state index in [0.29, 0.717) is 29.3 Å². The van der Waals surface area contributed by atoms with Crippen LogP contribution in [0.4, 0.5) is 0 Å². The van der Waals surface area contributed by atoms with Gasteiger partial charge in [-0.2, -0.15) is 0 Å². The number of nitrogens with two attached hydrogens (primary N) is 1. The summed E-state index contributed by atoms with van der Waals surface area (Å²) in [5, 5.41) is 9.71. The van der Waals surface area contributed by atoms with Gasteiger partial charge in [-0.3, -0.25) is 19.2 Å². The van der Waals surface area contributed by atoms with Crippen molar-refractivity contribution in [1.82, 2.24) is 20.9 Å². The van der Waals surface area contributed by atoms with Gasteiger partial charge in [0, 0.05) is 16.8 Å². The number of benzene rings is 1. The molecular formula is C25H32ClN5O4. The average Bonchev–Trinajstić information content (AvgIpc) is 3.48. The molecule has 4 rings (SSSR count). The highest BCUT2D eigenvalue weighted by molar-refractivity contribution is 6.35. The molecule has 2 aromatic rings. The van der Waals surface area contributed by atoms with E-state index < -0.39 is 35.7 Å². The molecule has 188 valence electrons. The first-order valence-electron chi connectivity index (χ1n) is 12.0. The van der Waals surface area contributed by atoms with Gasteiger partial charge in [0.1, 0.15) is 17.8 Å². The van der Waals surface area contributed by atoms with E-state index in [1.807, 2.05) is 19.9 Å². The summed E-state index contributed by atoms with van der Waals surface area (Å²) >= 11 is 6.20. The molecule has 1 unspecified atom stereocenters. The van der Waals surface area contributed by atoms with Crippen LogP contribution in [0.2, 0.25) is 5.02 Å². The summed E-state index contributed by atoms with van der Waals surface area (Å²) in [7, 11) is 0. The summed E-state index contributed by atoms with van der Waals surface area (Å²) in [5.74, 6) is -1.88. The molecule has 0 spiro atoms. The lowest BCUT2D eigenvalue weighted by atomic mass is 9.83. The van der Waals surface area contributed by atoms with Crippen molar-refractivity contribution >= 4 is 46.1 Å². The van der Waals surface area contributed by atoms with E-state index in [9.17, 15) is 19.2 Å². The number of amides is 4. The second-order valence-electron chi connectivity index (χ2n) is 10.4. The van der Waals surface area contributed by atoms with E-state index >= 15 is 0 Å². The number of carbonyl (C=O) groups is 4. The number of para-hydroxylation sites is 1. The maximum absolute atomic E-state index is 13.2.